The smallest absolute Gasteiger partial charge is 0.220 e. The Bertz CT molecular complexity index is 904. The SMILES string of the molecule is C[C@H](CCC(=O)NCCc1ccccc1)[C@H]1CC[C@H]2[C@@H]3[C@@H](O)C[C@@H]4C[C@H](O)CC[C@]4(C)[C@H]3CC[C@]12C. The molecule has 4 saturated carbocycles. The van der Waals surface area contributed by atoms with Crippen LogP contribution in [0.1, 0.15) is 90.5 Å². The van der Waals surface area contributed by atoms with Gasteiger partial charge in [-0.05, 0) is 116 Å². The molecule has 4 aliphatic rings. The second kappa shape index (κ2) is 10.4. The topological polar surface area (TPSA) is 69.6 Å². The largest absolute Gasteiger partial charge is 0.393 e. The van der Waals surface area contributed by atoms with E-state index in [4.69, 9.17) is 0 Å². The van der Waals surface area contributed by atoms with Crippen LogP contribution in [0.3, 0.4) is 0 Å². The Morgan fingerprint density at radius 3 is 2.50 bits per heavy atom. The number of hydrogen-bond acceptors (Lipinski definition) is 3. The lowest BCUT2D eigenvalue weighted by molar-refractivity contribution is -0.174. The van der Waals surface area contributed by atoms with Crippen LogP contribution >= 0.6 is 0 Å². The van der Waals surface area contributed by atoms with Crippen LogP contribution < -0.4 is 5.32 Å². The Labute approximate surface area is 218 Å². The average molecular weight is 496 g/mol. The fraction of sp³-hybridized carbons (Fsp3) is 0.781. The van der Waals surface area contributed by atoms with Gasteiger partial charge >= 0.3 is 0 Å². The van der Waals surface area contributed by atoms with E-state index in [0.717, 1.165) is 38.5 Å². The molecule has 10 atom stereocenters. The molecule has 1 aromatic carbocycles. The van der Waals surface area contributed by atoms with Crippen LogP contribution in [0.15, 0.2) is 30.3 Å². The van der Waals surface area contributed by atoms with E-state index in [1.54, 1.807) is 0 Å². The lowest BCUT2D eigenvalue weighted by atomic mass is 9.43. The summed E-state index contributed by atoms with van der Waals surface area (Å²) in [5, 5.41) is 24.9. The van der Waals surface area contributed by atoms with Crippen LogP contribution in [-0.2, 0) is 11.2 Å². The van der Waals surface area contributed by atoms with Crippen molar-refractivity contribution in [2.75, 3.05) is 6.54 Å². The van der Waals surface area contributed by atoms with Crippen molar-refractivity contribution >= 4 is 5.91 Å². The van der Waals surface area contributed by atoms with Crippen LogP contribution in [0, 0.1) is 46.3 Å². The first-order valence-corrected chi connectivity index (χ1v) is 14.9. The monoisotopic (exact) mass is 495 g/mol. The average Bonchev–Trinajstić information content (AvgIpc) is 3.21. The van der Waals surface area contributed by atoms with Crippen molar-refractivity contribution in [3.05, 3.63) is 35.9 Å². The number of fused-ring (bicyclic) bond motifs is 5. The summed E-state index contributed by atoms with van der Waals surface area (Å²) in [7, 11) is 0. The number of aliphatic hydroxyl groups is 2. The molecule has 0 aliphatic heterocycles. The predicted molar refractivity (Wildman–Crippen MR) is 144 cm³/mol. The molecule has 4 fully saturated rings. The third kappa shape index (κ3) is 4.77. The summed E-state index contributed by atoms with van der Waals surface area (Å²) in [6, 6.07) is 10.3. The summed E-state index contributed by atoms with van der Waals surface area (Å²) in [6.07, 6.45) is 10.8. The molecule has 0 bridgehead atoms. The van der Waals surface area contributed by atoms with Crippen molar-refractivity contribution in [2.24, 2.45) is 46.3 Å². The summed E-state index contributed by atoms with van der Waals surface area (Å²) in [5.74, 6) is 3.44. The molecule has 36 heavy (non-hydrogen) atoms. The van der Waals surface area contributed by atoms with Crippen molar-refractivity contribution < 1.29 is 15.0 Å². The number of rotatable bonds is 7. The van der Waals surface area contributed by atoms with E-state index in [-0.39, 0.29) is 28.9 Å². The number of aliphatic hydroxyl groups excluding tert-OH is 2. The number of carbonyl (C=O) groups excluding carboxylic acids is 1. The molecule has 1 aromatic rings. The van der Waals surface area contributed by atoms with Crippen LogP contribution in [0.5, 0.6) is 0 Å². The molecule has 0 heterocycles. The maximum Gasteiger partial charge on any atom is 0.220 e. The highest BCUT2D eigenvalue weighted by molar-refractivity contribution is 5.75. The highest BCUT2D eigenvalue weighted by atomic mass is 16.3. The maximum absolute atomic E-state index is 12.6. The minimum absolute atomic E-state index is 0.173. The summed E-state index contributed by atoms with van der Waals surface area (Å²) in [5.41, 5.74) is 1.83. The van der Waals surface area contributed by atoms with E-state index in [1.807, 2.05) is 18.2 Å². The second-order valence-corrected chi connectivity index (χ2v) is 13.6. The van der Waals surface area contributed by atoms with Crippen LogP contribution in [0.4, 0.5) is 0 Å². The Hall–Kier alpha value is -1.39. The molecule has 4 heteroatoms. The van der Waals surface area contributed by atoms with Gasteiger partial charge in [-0.1, -0.05) is 51.1 Å². The van der Waals surface area contributed by atoms with E-state index < -0.39 is 0 Å². The highest BCUT2D eigenvalue weighted by Crippen LogP contribution is 2.68. The molecule has 4 aliphatic carbocycles. The second-order valence-electron chi connectivity index (χ2n) is 13.6. The van der Waals surface area contributed by atoms with E-state index in [9.17, 15) is 15.0 Å². The fourth-order valence-corrected chi connectivity index (χ4v) is 9.81. The first-order chi connectivity index (χ1) is 17.2. The molecule has 200 valence electrons. The van der Waals surface area contributed by atoms with Gasteiger partial charge in [0.2, 0.25) is 5.91 Å². The fourth-order valence-electron chi connectivity index (χ4n) is 9.81. The summed E-state index contributed by atoms with van der Waals surface area (Å²) in [6.45, 7) is 8.09. The molecule has 0 radical (unpaired) electrons. The van der Waals surface area contributed by atoms with Gasteiger partial charge < -0.3 is 15.5 Å². The molecule has 0 spiro atoms. The van der Waals surface area contributed by atoms with E-state index in [1.165, 1.54) is 31.2 Å². The Kier molecular flexibility index (Phi) is 7.58. The number of hydrogen-bond donors (Lipinski definition) is 3. The van der Waals surface area contributed by atoms with Gasteiger partial charge in [-0.2, -0.15) is 0 Å². The quantitative estimate of drug-likeness (QED) is 0.451. The third-order valence-corrected chi connectivity index (χ3v) is 11.8. The van der Waals surface area contributed by atoms with E-state index in [2.05, 4.69) is 38.2 Å². The zero-order valence-corrected chi connectivity index (χ0v) is 22.8. The van der Waals surface area contributed by atoms with Crippen molar-refractivity contribution in [1.29, 1.82) is 0 Å². The third-order valence-electron chi connectivity index (χ3n) is 11.8. The predicted octanol–water partition coefficient (Wildman–Crippen LogP) is 5.75. The van der Waals surface area contributed by atoms with Gasteiger partial charge in [0.05, 0.1) is 12.2 Å². The zero-order chi connectivity index (χ0) is 25.5. The number of benzene rings is 1. The van der Waals surface area contributed by atoms with E-state index in [0.29, 0.717) is 48.5 Å². The summed E-state index contributed by atoms with van der Waals surface area (Å²) >= 11 is 0. The zero-order valence-electron chi connectivity index (χ0n) is 22.8. The molecular formula is C32H49NO3. The molecule has 3 N–H and O–H groups in total. The minimum Gasteiger partial charge on any atom is -0.393 e. The first kappa shape index (κ1) is 26.2. The molecular weight excluding hydrogens is 446 g/mol. The first-order valence-electron chi connectivity index (χ1n) is 14.9. The van der Waals surface area contributed by atoms with Gasteiger partial charge in [0, 0.05) is 13.0 Å². The molecule has 0 aromatic heterocycles. The van der Waals surface area contributed by atoms with Crippen LogP contribution in [0.2, 0.25) is 0 Å². The normalized spacial score (nSPS) is 42.6. The van der Waals surface area contributed by atoms with Crippen LogP contribution in [0.25, 0.3) is 0 Å². The van der Waals surface area contributed by atoms with E-state index >= 15 is 0 Å². The summed E-state index contributed by atoms with van der Waals surface area (Å²) in [4.78, 5) is 12.6. The highest BCUT2D eigenvalue weighted by Gasteiger charge is 2.62. The maximum atomic E-state index is 12.6. The van der Waals surface area contributed by atoms with Gasteiger partial charge in [0.15, 0.2) is 0 Å². The standard InChI is InChI=1S/C32H49NO3/c1-21(9-12-29(36)33-18-15-22-7-5-4-6-8-22)25-10-11-26-30-27(14-17-32(25,26)3)31(2)16-13-24(34)19-23(31)20-28(30)35/h4-8,21,23-28,30,34-35H,9-20H2,1-3H3,(H,33,36)/t21-,23+,24-,25-,26+,27+,28+,30+,31+,32-/m1/s1. The van der Waals surface area contributed by atoms with Crippen molar-refractivity contribution in [2.45, 2.75) is 104 Å². The van der Waals surface area contributed by atoms with Gasteiger partial charge in [-0.25, -0.2) is 0 Å². The molecule has 5 rings (SSSR count). The Balaban J connectivity index is 1.17. The number of nitrogens with one attached hydrogen (secondary N) is 1. The minimum atomic E-state index is -0.215. The van der Waals surface area contributed by atoms with Crippen LogP contribution in [-0.4, -0.2) is 34.9 Å². The van der Waals surface area contributed by atoms with Crippen molar-refractivity contribution in [1.82, 2.24) is 5.32 Å². The lowest BCUT2D eigenvalue weighted by Gasteiger charge is -2.62. The molecule has 1 amide bonds. The van der Waals surface area contributed by atoms with Gasteiger partial charge in [0.1, 0.15) is 0 Å². The molecule has 0 unspecified atom stereocenters. The van der Waals surface area contributed by atoms with Gasteiger partial charge in [-0.3, -0.25) is 4.79 Å². The number of carbonyl (C=O) groups is 1. The van der Waals surface area contributed by atoms with Crippen molar-refractivity contribution in [3.8, 4) is 0 Å². The molecule has 0 saturated heterocycles. The number of amides is 1. The Morgan fingerprint density at radius 2 is 1.72 bits per heavy atom. The van der Waals surface area contributed by atoms with Gasteiger partial charge in [0.25, 0.3) is 0 Å². The van der Waals surface area contributed by atoms with Crippen molar-refractivity contribution in [3.63, 3.8) is 0 Å². The lowest BCUT2D eigenvalue weighted by Crippen LogP contribution is -2.58. The van der Waals surface area contributed by atoms with Gasteiger partial charge in [-0.15, -0.1) is 0 Å². The molecule has 4 nitrogen and oxygen atoms in total. The summed E-state index contributed by atoms with van der Waals surface area (Å²) < 4.78 is 0. The Morgan fingerprint density at radius 1 is 1.00 bits per heavy atom.